The number of nitrogens with two attached hydrogens (primary N) is 1. The number of nitrogens with zero attached hydrogens (tertiary/aromatic N) is 2. The van der Waals surface area contributed by atoms with Crippen LogP contribution in [0.15, 0.2) is 30.3 Å². The molecule has 1 aromatic heterocycles. The summed E-state index contributed by atoms with van der Waals surface area (Å²) in [5.41, 5.74) is 6.93. The first-order valence-corrected chi connectivity index (χ1v) is 4.67. The van der Waals surface area contributed by atoms with E-state index in [1.165, 1.54) is 7.11 Å². The summed E-state index contributed by atoms with van der Waals surface area (Å²) in [7, 11) is 1.49. The predicted molar refractivity (Wildman–Crippen MR) is 60.1 cm³/mol. The van der Waals surface area contributed by atoms with Crippen molar-refractivity contribution in [1.82, 2.24) is 10.2 Å². The van der Waals surface area contributed by atoms with Gasteiger partial charge in [-0.1, -0.05) is 0 Å². The van der Waals surface area contributed by atoms with Gasteiger partial charge in [0.1, 0.15) is 5.82 Å². The summed E-state index contributed by atoms with van der Waals surface area (Å²) >= 11 is 0. The molecule has 1 aromatic carbocycles. The van der Waals surface area contributed by atoms with Crippen molar-refractivity contribution in [3.05, 3.63) is 30.3 Å². The number of hydrogen-bond acceptors (Lipinski definition) is 5. The average molecular weight is 217 g/mol. The summed E-state index contributed by atoms with van der Waals surface area (Å²) in [4.78, 5) is 0. The molecule has 0 bridgehead atoms. The van der Waals surface area contributed by atoms with Gasteiger partial charge < -0.3 is 15.6 Å². The lowest BCUT2D eigenvalue weighted by atomic mass is 10.1. The molecule has 2 rings (SSSR count). The molecule has 82 valence electrons. The van der Waals surface area contributed by atoms with Crippen molar-refractivity contribution < 1.29 is 9.84 Å². The highest BCUT2D eigenvalue weighted by atomic mass is 16.5. The van der Waals surface area contributed by atoms with E-state index >= 15 is 0 Å². The molecule has 0 amide bonds. The number of phenolic OH excluding ortho intramolecular Hbond substituents is 1. The summed E-state index contributed by atoms with van der Waals surface area (Å²) in [5.74, 6) is 0.861. The van der Waals surface area contributed by atoms with Gasteiger partial charge in [0, 0.05) is 5.56 Å². The summed E-state index contributed by atoms with van der Waals surface area (Å²) < 4.78 is 5.01. The van der Waals surface area contributed by atoms with Crippen molar-refractivity contribution >= 4 is 5.82 Å². The Hall–Kier alpha value is -2.30. The van der Waals surface area contributed by atoms with Crippen LogP contribution in [0.2, 0.25) is 0 Å². The van der Waals surface area contributed by atoms with Crippen molar-refractivity contribution in [3.8, 4) is 22.8 Å². The van der Waals surface area contributed by atoms with Gasteiger partial charge in [0.05, 0.1) is 12.8 Å². The predicted octanol–water partition coefficient (Wildman–Crippen LogP) is 1.44. The van der Waals surface area contributed by atoms with Crippen LogP contribution in [0.25, 0.3) is 11.3 Å². The molecule has 0 spiro atoms. The molecule has 0 aliphatic heterocycles. The molecule has 0 saturated carbocycles. The molecule has 3 N–H and O–H groups in total. The number of rotatable bonds is 2. The van der Waals surface area contributed by atoms with Crippen LogP contribution in [-0.4, -0.2) is 22.4 Å². The second kappa shape index (κ2) is 4.06. The molecule has 0 fully saturated rings. The van der Waals surface area contributed by atoms with E-state index in [1.54, 1.807) is 30.3 Å². The lowest BCUT2D eigenvalue weighted by molar-refractivity contribution is 0.373. The number of anilines is 1. The number of aromatic nitrogens is 2. The van der Waals surface area contributed by atoms with E-state index in [0.29, 0.717) is 17.3 Å². The molecule has 16 heavy (non-hydrogen) atoms. The number of ether oxygens (including phenoxy) is 1. The third-order valence-corrected chi connectivity index (χ3v) is 2.16. The molecule has 0 atom stereocenters. The molecule has 0 saturated heterocycles. The minimum Gasteiger partial charge on any atom is -0.504 e. The fourth-order valence-corrected chi connectivity index (χ4v) is 1.33. The van der Waals surface area contributed by atoms with Crippen molar-refractivity contribution in [2.24, 2.45) is 0 Å². The van der Waals surface area contributed by atoms with Crippen LogP contribution in [0.3, 0.4) is 0 Å². The molecule has 5 heteroatoms. The van der Waals surface area contributed by atoms with Crippen LogP contribution in [-0.2, 0) is 0 Å². The number of phenols is 1. The van der Waals surface area contributed by atoms with Crippen LogP contribution in [0.4, 0.5) is 5.82 Å². The van der Waals surface area contributed by atoms with Crippen molar-refractivity contribution in [1.29, 1.82) is 0 Å². The number of aromatic hydroxyl groups is 1. The monoisotopic (exact) mass is 217 g/mol. The van der Waals surface area contributed by atoms with Crippen LogP contribution in [0.1, 0.15) is 0 Å². The quantitative estimate of drug-likeness (QED) is 0.795. The Morgan fingerprint density at radius 3 is 2.62 bits per heavy atom. The summed E-state index contributed by atoms with van der Waals surface area (Å²) in [6.07, 6.45) is 0. The van der Waals surface area contributed by atoms with Gasteiger partial charge in [-0.25, -0.2) is 0 Å². The smallest absolute Gasteiger partial charge is 0.161 e. The highest BCUT2D eigenvalue weighted by molar-refractivity contribution is 5.63. The second-order valence-corrected chi connectivity index (χ2v) is 3.23. The van der Waals surface area contributed by atoms with Gasteiger partial charge in [-0.05, 0) is 30.3 Å². The van der Waals surface area contributed by atoms with Gasteiger partial charge in [-0.15, -0.1) is 10.2 Å². The number of methoxy groups -OCH3 is 1. The van der Waals surface area contributed by atoms with Gasteiger partial charge >= 0.3 is 0 Å². The average Bonchev–Trinajstić information content (AvgIpc) is 2.31. The summed E-state index contributed by atoms with van der Waals surface area (Å²) in [6.45, 7) is 0. The van der Waals surface area contributed by atoms with E-state index in [9.17, 15) is 5.11 Å². The number of nitrogen functional groups attached to an aromatic ring is 1. The van der Waals surface area contributed by atoms with E-state index in [4.69, 9.17) is 10.5 Å². The normalized spacial score (nSPS) is 10.1. The van der Waals surface area contributed by atoms with E-state index in [2.05, 4.69) is 10.2 Å². The lowest BCUT2D eigenvalue weighted by Crippen LogP contribution is -1.94. The van der Waals surface area contributed by atoms with Crippen LogP contribution in [0.5, 0.6) is 11.5 Å². The van der Waals surface area contributed by atoms with Gasteiger partial charge in [0.15, 0.2) is 11.5 Å². The Balaban J connectivity index is 2.44. The van der Waals surface area contributed by atoms with Gasteiger partial charge in [0.2, 0.25) is 0 Å². The Morgan fingerprint density at radius 2 is 2.00 bits per heavy atom. The first-order valence-electron chi connectivity index (χ1n) is 4.67. The summed E-state index contributed by atoms with van der Waals surface area (Å²) in [5, 5.41) is 17.1. The van der Waals surface area contributed by atoms with Crippen LogP contribution in [0, 0.1) is 0 Å². The number of benzene rings is 1. The zero-order chi connectivity index (χ0) is 11.5. The maximum absolute atomic E-state index is 9.44. The van der Waals surface area contributed by atoms with E-state index in [1.807, 2.05) is 0 Å². The van der Waals surface area contributed by atoms with Crippen molar-refractivity contribution in [2.75, 3.05) is 12.8 Å². The van der Waals surface area contributed by atoms with Crippen molar-refractivity contribution in [2.45, 2.75) is 0 Å². The first-order chi connectivity index (χ1) is 7.70. The molecule has 0 unspecified atom stereocenters. The topological polar surface area (TPSA) is 81.3 Å². The fraction of sp³-hybridized carbons (Fsp3) is 0.0909. The first kappa shape index (κ1) is 10.2. The second-order valence-electron chi connectivity index (χ2n) is 3.23. The Labute approximate surface area is 92.5 Å². The highest BCUT2D eigenvalue weighted by Crippen LogP contribution is 2.30. The maximum Gasteiger partial charge on any atom is 0.161 e. The molecular formula is C11H11N3O2. The zero-order valence-electron chi connectivity index (χ0n) is 8.71. The van der Waals surface area contributed by atoms with Gasteiger partial charge in [0.25, 0.3) is 0 Å². The standard InChI is InChI=1S/C11H11N3O2/c1-16-10-6-7(2-4-9(10)15)8-3-5-11(12)14-13-8/h2-6,15H,1H3,(H2,12,14). The zero-order valence-corrected chi connectivity index (χ0v) is 8.71. The number of hydrogen-bond donors (Lipinski definition) is 2. The summed E-state index contributed by atoms with van der Waals surface area (Å²) in [6, 6.07) is 8.40. The largest absolute Gasteiger partial charge is 0.504 e. The van der Waals surface area contributed by atoms with Crippen LogP contribution < -0.4 is 10.5 Å². The Bertz CT molecular complexity index is 497. The molecule has 0 aliphatic carbocycles. The van der Waals surface area contributed by atoms with E-state index in [0.717, 1.165) is 5.56 Å². The Morgan fingerprint density at radius 1 is 1.19 bits per heavy atom. The van der Waals surface area contributed by atoms with E-state index in [-0.39, 0.29) is 5.75 Å². The van der Waals surface area contributed by atoms with Gasteiger partial charge in [-0.3, -0.25) is 0 Å². The highest BCUT2D eigenvalue weighted by Gasteiger charge is 2.05. The molecule has 2 aromatic rings. The third-order valence-electron chi connectivity index (χ3n) is 2.16. The van der Waals surface area contributed by atoms with E-state index < -0.39 is 0 Å². The van der Waals surface area contributed by atoms with Gasteiger partial charge in [-0.2, -0.15) is 0 Å². The SMILES string of the molecule is COc1cc(-c2ccc(N)nn2)ccc1O. The molecule has 0 radical (unpaired) electrons. The molecule has 0 aliphatic rings. The van der Waals surface area contributed by atoms with Crippen molar-refractivity contribution in [3.63, 3.8) is 0 Å². The molecule has 5 nitrogen and oxygen atoms in total. The fourth-order valence-electron chi connectivity index (χ4n) is 1.33. The maximum atomic E-state index is 9.44. The minimum absolute atomic E-state index is 0.0923. The minimum atomic E-state index is 0.0923. The molecular weight excluding hydrogens is 206 g/mol. The Kier molecular flexibility index (Phi) is 2.59. The van der Waals surface area contributed by atoms with Crippen LogP contribution >= 0.6 is 0 Å². The third kappa shape index (κ3) is 1.88. The molecule has 1 heterocycles. The lowest BCUT2D eigenvalue weighted by Gasteiger charge is -2.05.